The van der Waals surface area contributed by atoms with Crippen LogP contribution < -0.4 is 5.32 Å². The minimum absolute atomic E-state index is 0.208. The lowest BCUT2D eigenvalue weighted by molar-refractivity contribution is -0.111. The Morgan fingerprint density at radius 3 is 2.60 bits per heavy atom. The van der Waals surface area contributed by atoms with Crippen LogP contribution in [0, 0.1) is 3.57 Å². The van der Waals surface area contributed by atoms with Crippen LogP contribution in [0.3, 0.4) is 0 Å². The fraction of sp³-hybridized carbons (Fsp3) is 0. The van der Waals surface area contributed by atoms with Crippen LogP contribution in [-0.4, -0.2) is 5.91 Å². The minimum atomic E-state index is -0.208. The second-order valence-electron chi connectivity index (χ2n) is 3.97. The molecule has 2 aromatic rings. The lowest BCUT2D eigenvalue weighted by Crippen LogP contribution is -2.08. The molecule has 0 fully saturated rings. The molecule has 102 valence electrons. The zero-order chi connectivity index (χ0) is 14.5. The number of halogens is 3. The number of carbonyl (C=O) groups excluding carboxylic acids is 1. The molecule has 0 bridgehead atoms. The third kappa shape index (κ3) is 4.23. The van der Waals surface area contributed by atoms with Crippen molar-refractivity contribution in [3.8, 4) is 0 Å². The molecular weight excluding hydrogens is 408 g/mol. The van der Waals surface area contributed by atoms with Gasteiger partial charge in [0, 0.05) is 19.7 Å². The Balaban J connectivity index is 2.08. The van der Waals surface area contributed by atoms with Gasteiger partial charge in [-0.2, -0.15) is 0 Å². The largest absolute Gasteiger partial charge is 0.322 e. The van der Waals surface area contributed by atoms with Gasteiger partial charge in [-0.1, -0.05) is 41.4 Å². The van der Waals surface area contributed by atoms with Crippen LogP contribution in [0.1, 0.15) is 5.56 Å². The van der Waals surface area contributed by atoms with E-state index >= 15 is 0 Å². The van der Waals surface area contributed by atoms with Crippen molar-refractivity contribution in [3.05, 3.63) is 67.7 Å². The highest BCUT2D eigenvalue weighted by molar-refractivity contribution is 14.1. The smallest absolute Gasteiger partial charge is 0.248 e. The van der Waals surface area contributed by atoms with Crippen LogP contribution in [0.25, 0.3) is 6.08 Å². The van der Waals surface area contributed by atoms with E-state index in [2.05, 4.69) is 27.9 Å². The van der Waals surface area contributed by atoms with Crippen LogP contribution in [0.2, 0.25) is 10.0 Å². The first-order valence-corrected chi connectivity index (χ1v) is 7.58. The second-order valence-corrected chi connectivity index (χ2v) is 5.97. The van der Waals surface area contributed by atoms with Crippen molar-refractivity contribution in [2.75, 3.05) is 5.32 Å². The third-order valence-electron chi connectivity index (χ3n) is 2.51. The van der Waals surface area contributed by atoms with Crippen molar-refractivity contribution in [1.82, 2.24) is 0 Å². The summed E-state index contributed by atoms with van der Waals surface area (Å²) in [5.74, 6) is -0.208. The second kappa shape index (κ2) is 7.11. The normalized spacial score (nSPS) is 10.8. The monoisotopic (exact) mass is 417 g/mol. The molecule has 1 amide bonds. The van der Waals surface area contributed by atoms with E-state index in [4.69, 9.17) is 23.2 Å². The average molecular weight is 418 g/mol. The lowest BCUT2D eigenvalue weighted by Gasteiger charge is -2.04. The number of anilines is 1. The molecule has 0 aliphatic heterocycles. The topological polar surface area (TPSA) is 29.1 Å². The maximum absolute atomic E-state index is 11.8. The molecule has 20 heavy (non-hydrogen) atoms. The average Bonchev–Trinajstić information content (AvgIpc) is 2.40. The van der Waals surface area contributed by atoms with E-state index in [0.29, 0.717) is 10.0 Å². The van der Waals surface area contributed by atoms with Crippen molar-refractivity contribution >= 4 is 63.5 Å². The minimum Gasteiger partial charge on any atom is -0.322 e. The van der Waals surface area contributed by atoms with Gasteiger partial charge in [-0.15, -0.1) is 0 Å². The van der Waals surface area contributed by atoms with E-state index in [1.807, 2.05) is 24.3 Å². The number of rotatable bonds is 3. The van der Waals surface area contributed by atoms with Crippen LogP contribution >= 0.6 is 45.8 Å². The predicted molar refractivity (Wildman–Crippen MR) is 93.3 cm³/mol. The zero-order valence-corrected chi connectivity index (χ0v) is 13.9. The number of hydrogen-bond donors (Lipinski definition) is 1. The summed E-state index contributed by atoms with van der Waals surface area (Å²) in [5.41, 5.74) is 1.53. The van der Waals surface area contributed by atoms with E-state index in [0.717, 1.165) is 14.8 Å². The summed E-state index contributed by atoms with van der Waals surface area (Å²) in [4.78, 5) is 11.8. The van der Waals surface area contributed by atoms with E-state index < -0.39 is 0 Å². The van der Waals surface area contributed by atoms with Crippen LogP contribution in [0.15, 0.2) is 48.5 Å². The Morgan fingerprint density at radius 1 is 1.15 bits per heavy atom. The van der Waals surface area contributed by atoms with Crippen molar-refractivity contribution in [3.63, 3.8) is 0 Å². The van der Waals surface area contributed by atoms with Gasteiger partial charge in [0.1, 0.15) is 0 Å². The van der Waals surface area contributed by atoms with E-state index in [1.54, 1.807) is 24.3 Å². The molecule has 0 radical (unpaired) electrons. The zero-order valence-electron chi connectivity index (χ0n) is 10.2. The van der Waals surface area contributed by atoms with Gasteiger partial charge in [-0.25, -0.2) is 0 Å². The Kier molecular flexibility index (Phi) is 5.46. The first-order chi connectivity index (χ1) is 9.56. The molecular formula is C15H10Cl2INO. The van der Waals surface area contributed by atoms with Gasteiger partial charge in [-0.05, 0) is 58.5 Å². The molecule has 0 unspecified atom stereocenters. The quantitative estimate of drug-likeness (QED) is 0.536. The highest BCUT2D eigenvalue weighted by Crippen LogP contribution is 2.22. The van der Waals surface area contributed by atoms with Crippen LogP contribution in [0.5, 0.6) is 0 Å². The summed E-state index contributed by atoms with van der Waals surface area (Å²) in [6.45, 7) is 0. The van der Waals surface area contributed by atoms with E-state index in [9.17, 15) is 4.79 Å². The molecule has 0 aliphatic rings. The molecule has 0 saturated heterocycles. The molecule has 0 atom stereocenters. The SMILES string of the molecule is O=C(/C=C/c1ccc(Cl)cc1Cl)Nc1ccccc1I. The molecule has 0 saturated carbocycles. The molecule has 0 aromatic heterocycles. The van der Waals surface area contributed by atoms with E-state index in [-0.39, 0.29) is 5.91 Å². The number of carbonyl (C=O) groups is 1. The summed E-state index contributed by atoms with van der Waals surface area (Å²) in [5, 5.41) is 3.88. The van der Waals surface area contributed by atoms with Gasteiger partial charge in [0.15, 0.2) is 0 Å². The number of para-hydroxylation sites is 1. The van der Waals surface area contributed by atoms with E-state index in [1.165, 1.54) is 6.08 Å². The molecule has 5 heteroatoms. The van der Waals surface area contributed by atoms with Crippen molar-refractivity contribution in [2.45, 2.75) is 0 Å². The molecule has 2 rings (SSSR count). The van der Waals surface area contributed by atoms with Gasteiger partial charge >= 0.3 is 0 Å². The highest BCUT2D eigenvalue weighted by atomic mass is 127. The lowest BCUT2D eigenvalue weighted by atomic mass is 10.2. The summed E-state index contributed by atoms with van der Waals surface area (Å²) in [6.07, 6.45) is 3.10. The van der Waals surface area contributed by atoms with Gasteiger partial charge in [-0.3, -0.25) is 4.79 Å². The van der Waals surface area contributed by atoms with Crippen molar-refractivity contribution in [2.24, 2.45) is 0 Å². The van der Waals surface area contributed by atoms with Crippen LogP contribution in [0.4, 0.5) is 5.69 Å². The van der Waals surface area contributed by atoms with Crippen molar-refractivity contribution in [1.29, 1.82) is 0 Å². The summed E-state index contributed by atoms with van der Waals surface area (Å²) in [7, 11) is 0. The molecule has 1 N–H and O–H groups in total. The molecule has 2 aromatic carbocycles. The maximum atomic E-state index is 11.8. The Labute approximate surface area is 140 Å². The first kappa shape index (κ1) is 15.4. The molecule has 0 spiro atoms. The number of hydrogen-bond acceptors (Lipinski definition) is 1. The van der Waals surface area contributed by atoms with Crippen molar-refractivity contribution < 1.29 is 4.79 Å². The summed E-state index contributed by atoms with van der Waals surface area (Å²) >= 11 is 14.0. The Bertz CT molecular complexity index is 671. The Hall–Kier alpha value is -1.04. The van der Waals surface area contributed by atoms with Gasteiger partial charge in [0.2, 0.25) is 5.91 Å². The fourth-order valence-corrected chi connectivity index (χ4v) is 2.53. The highest BCUT2D eigenvalue weighted by Gasteiger charge is 2.02. The first-order valence-electron chi connectivity index (χ1n) is 5.75. The number of nitrogens with one attached hydrogen (secondary N) is 1. The maximum Gasteiger partial charge on any atom is 0.248 e. The molecule has 0 heterocycles. The Morgan fingerprint density at radius 2 is 1.90 bits per heavy atom. The molecule has 2 nitrogen and oxygen atoms in total. The molecule has 0 aliphatic carbocycles. The van der Waals surface area contributed by atoms with Gasteiger partial charge < -0.3 is 5.32 Å². The summed E-state index contributed by atoms with van der Waals surface area (Å²) < 4.78 is 0.983. The number of benzene rings is 2. The third-order valence-corrected chi connectivity index (χ3v) is 4.01. The van der Waals surface area contributed by atoms with Crippen LogP contribution in [-0.2, 0) is 4.79 Å². The van der Waals surface area contributed by atoms with Gasteiger partial charge in [0.05, 0.1) is 5.69 Å². The standard InChI is InChI=1S/C15H10Cl2INO/c16-11-7-5-10(12(17)9-11)6-8-15(20)19-14-4-2-1-3-13(14)18/h1-9H,(H,19,20)/b8-6+. The fourth-order valence-electron chi connectivity index (χ4n) is 1.54. The summed E-state index contributed by atoms with van der Waals surface area (Å²) in [6, 6.07) is 12.7. The predicted octanol–water partition coefficient (Wildman–Crippen LogP) is 5.25. The number of amides is 1. The van der Waals surface area contributed by atoms with Gasteiger partial charge in [0.25, 0.3) is 0 Å².